The Kier molecular flexibility index (Phi) is 7.28. The van der Waals surface area contributed by atoms with E-state index in [9.17, 15) is 4.79 Å². The number of carbonyl (C=O) groups excluding carboxylic acids is 1. The number of aryl methyl sites for hydroxylation is 1. The Labute approximate surface area is 160 Å². The van der Waals surface area contributed by atoms with Gasteiger partial charge in [-0.1, -0.05) is 17.7 Å². The van der Waals surface area contributed by atoms with Gasteiger partial charge in [0.05, 0.1) is 17.8 Å². The molecule has 7 nitrogen and oxygen atoms in total. The summed E-state index contributed by atoms with van der Waals surface area (Å²) >= 11 is 3.45. The highest BCUT2D eigenvalue weighted by atomic mass is 79.9. The Balaban J connectivity index is 1.96. The van der Waals surface area contributed by atoms with Crippen LogP contribution in [0.1, 0.15) is 11.1 Å². The number of primary amides is 1. The average Bonchev–Trinajstić information content (AvgIpc) is 2.61. The predicted molar refractivity (Wildman–Crippen MR) is 103 cm³/mol. The van der Waals surface area contributed by atoms with E-state index in [0.717, 1.165) is 5.75 Å². The van der Waals surface area contributed by atoms with Crippen LogP contribution in [0.25, 0.3) is 0 Å². The average molecular weight is 422 g/mol. The minimum absolute atomic E-state index is 0.347. The van der Waals surface area contributed by atoms with Crippen LogP contribution in [0.4, 0.5) is 4.79 Å². The van der Waals surface area contributed by atoms with Crippen LogP contribution in [0.3, 0.4) is 0 Å². The molecule has 0 spiro atoms. The summed E-state index contributed by atoms with van der Waals surface area (Å²) in [7, 11) is 1.54. The van der Waals surface area contributed by atoms with Crippen molar-refractivity contribution in [2.75, 3.05) is 20.3 Å². The van der Waals surface area contributed by atoms with E-state index in [0.29, 0.717) is 34.7 Å². The molecule has 0 bridgehead atoms. The number of amides is 2. The van der Waals surface area contributed by atoms with E-state index in [1.165, 1.54) is 11.8 Å². The van der Waals surface area contributed by atoms with Gasteiger partial charge in [0.25, 0.3) is 0 Å². The van der Waals surface area contributed by atoms with Crippen LogP contribution in [0.5, 0.6) is 17.2 Å². The van der Waals surface area contributed by atoms with E-state index in [4.69, 9.17) is 19.9 Å². The van der Waals surface area contributed by atoms with Crippen molar-refractivity contribution in [3.05, 3.63) is 52.0 Å². The molecular formula is C18H20BrN3O4. The van der Waals surface area contributed by atoms with Crippen molar-refractivity contribution in [2.45, 2.75) is 6.92 Å². The van der Waals surface area contributed by atoms with Crippen LogP contribution in [-0.2, 0) is 0 Å². The number of hydrogen-bond acceptors (Lipinski definition) is 5. The Morgan fingerprint density at radius 1 is 1.23 bits per heavy atom. The zero-order valence-electron chi connectivity index (χ0n) is 14.5. The van der Waals surface area contributed by atoms with Gasteiger partial charge in [-0.2, -0.15) is 5.10 Å². The first-order valence-electron chi connectivity index (χ1n) is 7.78. The largest absolute Gasteiger partial charge is 0.493 e. The van der Waals surface area contributed by atoms with Crippen molar-refractivity contribution < 1.29 is 19.0 Å². The van der Waals surface area contributed by atoms with Gasteiger partial charge in [0.2, 0.25) is 0 Å². The first-order chi connectivity index (χ1) is 12.5. The van der Waals surface area contributed by atoms with Crippen molar-refractivity contribution in [3.8, 4) is 17.2 Å². The second kappa shape index (κ2) is 9.67. The van der Waals surface area contributed by atoms with Gasteiger partial charge >= 0.3 is 6.03 Å². The van der Waals surface area contributed by atoms with Crippen molar-refractivity contribution in [2.24, 2.45) is 10.8 Å². The van der Waals surface area contributed by atoms with Crippen LogP contribution in [0, 0.1) is 6.92 Å². The molecule has 0 saturated heterocycles. The van der Waals surface area contributed by atoms with Crippen LogP contribution >= 0.6 is 15.9 Å². The molecule has 0 unspecified atom stereocenters. The number of benzene rings is 2. The number of ether oxygens (including phenoxy) is 3. The summed E-state index contributed by atoms with van der Waals surface area (Å²) in [5, 5.41) is 3.72. The second-order valence-corrected chi connectivity index (χ2v) is 6.13. The van der Waals surface area contributed by atoms with Crippen LogP contribution in [0.15, 0.2) is 46.0 Å². The van der Waals surface area contributed by atoms with Gasteiger partial charge < -0.3 is 19.9 Å². The lowest BCUT2D eigenvalue weighted by Gasteiger charge is -2.14. The maximum absolute atomic E-state index is 10.6. The van der Waals surface area contributed by atoms with Crippen molar-refractivity contribution in [1.29, 1.82) is 0 Å². The Morgan fingerprint density at radius 3 is 2.58 bits per heavy atom. The number of rotatable bonds is 8. The molecule has 2 amide bonds. The monoisotopic (exact) mass is 421 g/mol. The molecule has 0 aliphatic rings. The lowest BCUT2D eigenvalue weighted by Crippen LogP contribution is -2.24. The lowest BCUT2D eigenvalue weighted by molar-refractivity contribution is 0.210. The quantitative estimate of drug-likeness (QED) is 0.388. The summed E-state index contributed by atoms with van der Waals surface area (Å²) in [4.78, 5) is 10.6. The van der Waals surface area contributed by atoms with Crippen molar-refractivity contribution >= 4 is 28.2 Å². The standard InChI is InChI=1S/C18H20BrN3O4/c1-12-3-5-14(6-4-12)25-7-8-26-17-15(19)9-13(10-16(17)24-2)11-21-22-18(20)23/h3-6,9-11H,7-8H2,1-2H3,(H3,20,22,23)/b21-11+. The normalized spacial score (nSPS) is 10.6. The lowest BCUT2D eigenvalue weighted by atomic mass is 10.2. The number of nitrogens with two attached hydrogens (primary N) is 1. The molecule has 2 aromatic rings. The number of methoxy groups -OCH3 is 1. The van der Waals surface area contributed by atoms with Gasteiger partial charge in [-0.25, -0.2) is 10.2 Å². The number of urea groups is 1. The highest BCUT2D eigenvalue weighted by Crippen LogP contribution is 2.36. The number of nitrogens with one attached hydrogen (secondary N) is 1. The van der Waals surface area contributed by atoms with E-state index in [2.05, 4.69) is 26.5 Å². The minimum atomic E-state index is -0.735. The molecule has 0 aromatic heterocycles. The Bertz CT molecular complexity index is 779. The fraction of sp³-hybridized carbons (Fsp3) is 0.222. The molecule has 0 aliphatic heterocycles. The maximum atomic E-state index is 10.6. The molecular weight excluding hydrogens is 402 g/mol. The van der Waals surface area contributed by atoms with Crippen LogP contribution in [0.2, 0.25) is 0 Å². The molecule has 3 N–H and O–H groups in total. The maximum Gasteiger partial charge on any atom is 0.332 e. The zero-order valence-corrected chi connectivity index (χ0v) is 16.1. The van der Waals surface area contributed by atoms with E-state index < -0.39 is 6.03 Å². The smallest absolute Gasteiger partial charge is 0.332 e. The van der Waals surface area contributed by atoms with Gasteiger partial charge in [0.15, 0.2) is 11.5 Å². The summed E-state index contributed by atoms with van der Waals surface area (Å²) in [5.41, 5.74) is 8.96. The molecule has 0 fully saturated rings. The molecule has 0 aliphatic carbocycles. The number of carbonyl (C=O) groups is 1. The van der Waals surface area contributed by atoms with Crippen LogP contribution < -0.4 is 25.4 Å². The summed E-state index contributed by atoms with van der Waals surface area (Å²) in [6, 6.07) is 10.6. The second-order valence-electron chi connectivity index (χ2n) is 5.28. The van der Waals surface area contributed by atoms with Gasteiger partial charge in [-0.3, -0.25) is 0 Å². The van der Waals surface area contributed by atoms with E-state index >= 15 is 0 Å². The number of nitrogens with zero attached hydrogens (tertiary/aromatic N) is 1. The Morgan fingerprint density at radius 2 is 1.92 bits per heavy atom. The third-order valence-corrected chi connectivity index (χ3v) is 3.85. The van der Waals surface area contributed by atoms with E-state index in [-0.39, 0.29) is 0 Å². The molecule has 26 heavy (non-hydrogen) atoms. The van der Waals surface area contributed by atoms with E-state index in [1.54, 1.807) is 19.2 Å². The summed E-state index contributed by atoms with van der Waals surface area (Å²) in [6.07, 6.45) is 1.45. The first-order valence-corrected chi connectivity index (χ1v) is 8.57. The minimum Gasteiger partial charge on any atom is -0.493 e. The van der Waals surface area contributed by atoms with Gasteiger partial charge in [0.1, 0.15) is 19.0 Å². The van der Waals surface area contributed by atoms with E-state index in [1.807, 2.05) is 31.2 Å². The van der Waals surface area contributed by atoms with Crippen molar-refractivity contribution in [1.82, 2.24) is 5.43 Å². The molecule has 8 heteroatoms. The summed E-state index contributed by atoms with van der Waals surface area (Å²) < 4.78 is 17.5. The topological polar surface area (TPSA) is 95.2 Å². The molecule has 2 aromatic carbocycles. The van der Waals surface area contributed by atoms with Gasteiger partial charge in [-0.05, 0) is 52.7 Å². The number of hydrogen-bond donors (Lipinski definition) is 2. The summed E-state index contributed by atoms with van der Waals surface area (Å²) in [6.45, 7) is 2.76. The predicted octanol–water partition coefficient (Wildman–Crippen LogP) is 3.23. The molecule has 0 saturated carbocycles. The van der Waals surface area contributed by atoms with Gasteiger partial charge in [0, 0.05) is 0 Å². The number of hydrazone groups is 1. The first kappa shape index (κ1) is 19.6. The number of halogens is 1. The Hall–Kier alpha value is -2.74. The third kappa shape index (κ3) is 5.96. The molecule has 0 radical (unpaired) electrons. The van der Waals surface area contributed by atoms with Crippen molar-refractivity contribution in [3.63, 3.8) is 0 Å². The highest BCUT2D eigenvalue weighted by molar-refractivity contribution is 9.10. The fourth-order valence-corrected chi connectivity index (χ4v) is 2.64. The molecule has 0 heterocycles. The zero-order chi connectivity index (χ0) is 18.9. The SMILES string of the molecule is COc1cc(/C=N/NC(N)=O)cc(Br)c1OCCOc1ccc(C)cc1. The third-order valence-electron chi connectivity index (χ3n) is 3.26. The molecule has 138 valence electrons. The molecule has 2 rings (SSSR count). The van der Waals surface area contributed by atoms with Gasteiger partial charge in [-0.15, -0.1) is 0 Å². The molecule has 0 atom stereocenters. The summed E-state index contributed by atoms with van der Waals surface area (Å²) in [5.74, 6) is 1.87. The van der Waals surface area contributed by atoms with Crippen LogP contribution in [-0.4, -0.2) is 32.6 Å². The highest BCUT2D eigenvalue weighted by Gasteiger charge is 2.11. The fourth-order valence-electron chi connectivity index (χ4n) is 2.06.